The summed E-state index contributed by atoms with van der Waals surface area (Å²) in [7, 11) is -1.57. The van der Waals surface area contributed by atoms with Crippen LogP contribution in [-0.4, -0.2) is 32.0 Å². The van der Waals surface area contributed by atoms with Crippen molar-refractivity contribution in [3.63, 3.8) is 0 Å². The number of nitrogens with zero attached hydrogens (tertiary/aromatic N) is 1. The molecular weight excluding hydrogens is 398 g/mol. The van der Waals surface area contributed by atoms with Gasteiger partial charge in [-0.1, -0.05) is 37.2 Å². The Labute approximate surface area is 170 Å². The van der Waals surface area contributed by atoms with Crippen LogP contribution >= 0.6 is 23.6 Å². The number of hydrogen-bond donors (Lipinski definition) is 2. The van der Waals surface area contributed by atoms with E-state index in [1.165, 1.54) is 11.3 Å². The largest absolute Gasteiger partial charge is 0.382 e. The van der Waals surface area contributed by atoms with Gasteiger partial charge in [-0.3, -0.25) is 4.98 Å². The third kappa shape index (κ3) is 4.23. The fraction of sp³-hybridized carbons (Fsp3) is 0.474. The molecule has 0 saturated heterocycles. The van der Waals surface area contributed by atoms with Crippen LogP contribution in [0.3, 0.4) is 0 Å². The van der Waals surface area contributed by atoms with Crippen molar-refractivity contribution in [2.45, 2.75) is 41.7 Å². The summed E-state index contributed by atoms with van der Waals surface area (Å²) in [5.74, 6) is 0.265. The van der Waals surface area contributed by atoms with Gasteiger partial charge < -0.3 is 5.32 Å². The summed E-state index contributed by atoms with van der Waals surface area (Å²) in [5.41, 5.74) is 0.834. The van der Waals surface area contributed by atoms with Gasteiger partial charge >= 0.3 is 0 Å². The molecule has 1 aliphatic carbocycles. The number of aromatic nitrogens is 1. The highest BCUT2D eigenvalue weighted by atomic mass is 32.2. The van der Waals surface area contributed by atoms with E-state index >= 15 is 0 Å². The van der Waals surface area contributed by atoms with Crippen LogP contribution < -0.4 is 10.0 Å². The Kier molecular flexibility index (Phi) is 6.62. The number of likely N-dealkylation sites (N-methyl/N-ethyl adjacent to an activating group) is 1. The van der Waals surface area contributed by atoms with E-state index in [2.05, 4.69) is 21.1 Å². The Hall–Kier alpha value is -1.35. The molecule has 1 fully saturated rings. The maximum atomic E-state index is 12.4. The molecule has 1 aliphatic rings. The number of sulfonamides is 1. The van der Waals surface area contributed by atoms with E-state index in [1.807, 2.05) is 19.3 Å². The third-order valence-electron chi connectivity index (χ3n) is 5.42. The van der Waals surface area contributed by atoms with Crippen LogP contribution in [0.15, 0.2) is 46.2 Å². The quantitative estimate of drug-likeness (QED) is 0.667. The number of nitrogens with one attached hydrogen (secondary N) is 2. The summed E-state index contributed by atoms with van der Waals surface area (Å²) in [6.45, 7) is 0.402. The summed E-state index contributed by atoms with van der Waals surface area (Å²) in [6.07, 6.45) is 8.63. The smallest absolute Gasteiger partial charge is 0.250 e. The molecule has 2 heterocycles. The first kappa shape index (κ1) is 20.4. The van der Waals surface area contributed by atoms with Gasteiger partial charge in [-0.25, -0.2) is 13.1 Å². The first-order valence-electron chi connectivity index (χ1n) is 9.16. The summed E-state index contributed by atoms with van der Waals surface area (Å²) in [6, 6.07) is 7.41. The Morgan fingerprint density at radius 2 is 2.22 bits per heavy atom. The van der Waals surface area contributed by atoms with Gasteiger partial charge in [0.15, 0.2) is 0 Å². The lowest BCUT2D eigenvalue weighted by Gasteiger charge is -2.45. The van der Waals surface area contributed by atoms with Gasteiger partial charge in [-0.2, -0.15) is 0 Å². The SMILES string of the molecule is CNC(=S)[C@]1(c2cccnc2)CCCC[C@H]1CCNS(=O)(=O)c1cccs1. The zero-order chi connectivity index (χ0) is 19.3. The van der Waals surface area contributed by atoms with E-state index in [-0.39, 0.29) is 11.3 Å². The molecule has 5 nitrogen and oxygen atoms in total. The van der Waals surface area contributed by atoms with E-state index < -0.39 is 10.0 Å². The van der Waals surface area contributed by atoms with E-state index in [0.29, 0.717) is 10.8 Å². The van der Waals surface area contributed by atoms with E-state index in [4.69, 9.17) is 12.2 Å². The second-order valence-corrected chi connectivity index (χ2v) is 10.2. The molecule has 8 heteroatoms. The molecule has 2 N–H and O–H groups in total. The van der Waals surface area contributed by atoms with Crippen LogP contribution in [0.1, 0.15) is 37.7 Å². The first-order valence-corrected chi connectivity index (χ1v) is 11.9. The summed E-state index contributed by atoms with van der Waals surface area (Å²) in [4.78, 5) is 5.13. The molecule has 3 rings (SSSR count). The Bertz CT molecular complexity index is 854. The van der Waals surface area contributed by atoms with Crippen LogP contribution in [0, 0.1) is 5.92 Å². The zero-order valence-corrected chi connectivity index (χ0v) is 17.8. The molecular formula is C19H25N3O2S3. The second-order valence-electron chi connectivity index (χ2n) is 6.85. The minimum absolute atomic E-state index is 0.265. The normalized spacial score (nSPS) is 23.1. The number of thiocarbonyl (C=S) groups is 1. The molecule has 0 bridgehead atoms. The van der Waals surface area contributed by atoms with Crippen molar-refractivity contribution in [1.82, 2.24) is 15.0 Å². The van der Waals surface area contributed by atoms with Gasteiger partial charge in [-0.05, 0) is 48.3 Å². The van der Waals surface area contributed by atoms with Crippen molar-refractivity contribution in [2.75, 3.05) is 13.6 Å². The van der Waals surface area contributed by atoms with Crippen molar-refractivity contribution < 1.29 is 8.42 Å². The van der Waals surface area contributed by atoms with Crippen LogP contribution in [0.2, 0.25) is 0 Å². The first-order chi connectivity index (χ1) is 13.0. The fourth-order valence-corrected chi connectivity index (χ4v) is 6.62. The molecule has 0 radical (unpaired) electrons. The van der Waals surface area contributed by atoms with Gasteiger partial charge in [0, 0.05) is 31.4 Å². The maximum absolute atomic E-state index is 12.4. The van der Waals surface area contributed by atoms with Gasteiger partial charge in [-0.15, -0.1) is 11.3 Å². The predicted molar refractivity (Wildman–Crippen MR) is 114 cm³/mol. The monoisotopic (exact) mass is 423 g/mol. The average Bonchev–Trinajstić information content (AvgIpc) is 3.24. The van der Waals surface area contributed by atoms with Gasteiger partial charge in [0.2, 0.25) is 10.0 Å². The molecule has 0 spiro atoms. The molecule has 2 aromatic heterocycles. The van der Waals surface area contributed by atoms with Crippen molar-refractivity contribution in [1.29, 1.82) is 0 Å². The summed E-state index contributed by atoms with van der Waals surface area (Å²) < 4.78 is 27.9. The fourth-order valence-electron chi connectivity index (χ4n) is 4.15. The number of hydrogen-bond acceptors (Lipinski definition) is 5. The zero-order valence-electron chi connectivity index (χ0n) is 15.3. The third-order valence-corrected chi connectivity index (χ3v) is 8.85. The minimum atomic E-state index is -3.44. The highest BCUT2D eigenvalue weighted by Crippen LogP contribution is 2.46. The van der Waals surface area contributed by atoms with Crippen molar-refractivity contribution in [3.8, 4) is 0 Å². The molecule has 2 aromatic rings. The van der Waals surface area contributed by atoms with E-state index in [9.17, 15) is 8.42 Å². The molecule has 0 unspecified atom stereocenters. The maximum Gasteiger partial charge on any atom is 0.250 e. The molecule has 146 valence electrons. The lowest BCUT2D eigenvalue weighted by molar-refractivity contribution is 0.239. The van der Waals surface area contributed by atoms with Crippen LogP contribution in [-0.2, 0) is 15.4 Å². The predicted octanol–water partition coefficient (Wildman–Crippen LogP) is 3.49. The Morgan fingerprint density at radius 3 is 2.89 bits per heavy atom. The van der Waals surface area contributed by atoms with E-state index in [1.54, 1.807) is 23.7 Å². The number of pyridine rings is 1. The molecule has 27 heavy (non-hydrogen) atoms. The van der Waals surface area contributed by atoms with Crippen molar-refractivity contribution in [2.24, 2.45) is 5.92 Å². The molecule has 2 atom stereocenters. The van der Waals surface area contributed by atoms with Gasteiger partial charge in [0.05, 0.1) is 4.99 Å². The second kappa shape index (κ2) is 8.77. The van der Waals surface area contributed by atoms with Crippen molar-refractivity contribution in [3.05, 3.63) is 47.6 Å². The number of rotatable bonds is 7. The molecule has 0 aliphatic heterocycles. The lowest BCUT2D eigenvalue weighted by Crippen LogP contribution is -2.50. The molecule has 1 saturated carbocycles. The number of thiophene rings is 1. The van der Waals surface area contributed by atoms with Gasteiger partial charge in [0.1, 0.15) is 4.21 Å². The van der Waals surface area contributed by atoms with Crippen LogP contribution in [0.4, 0.5) is 0 Å². The summed E-state index contributed by atoms with van der Waals surface area (Å²) >= 11 is 6.99. The average molecular weight is 424 g/mol. The highest BCUT2D eigenvalue weighted by Gasteiger charge is 2.45. The Balaban J connectivity index is 1.80. The standard InChI is InChI=1S/C19H25N3O2S3/c1-20-18(25)19(16-7-4-11-21-14-16)10-3-2-6-15(19)9-12-22-27(23,24)17-8-5-13-26-17/h4-5,7-8,11,13-15,22H,2-3,6,9-10,12H2,1H3,(H,20,25)/t15-,19+/m0/s1. The van der Waals surface area contributed by atoms with Gasteiger partial charge in [0.25, 0.3) is 0 Å². The minimum Gasteiger partial charge on any atom is -0.382 e. The van der Waals surface area contributed by atoms with Crippen molar-refractivity contribution >= 4 is 38.6 Å². The summed E-state index contributed by atoms with van der Waals surface area (Å²) in [5, 5.41) is 4.97. The van der Waals surface area contributed by atoms with Crippen LogP contribution in [0.5, 0.6) is 0 Å². The Morgan fingerprint density at radius 1 is 1.37 bits per heavy atom. The molecule has 0 aromatic carbocycles. The highest BCUT2D eigenvalue weighted by molar-refractivity contribution is 7.91. The van der Waals surface area contributed by atoms with Crippen LogP contribution in [0.25, 0.3) is 0 Å². The van der Waals surface area contributed by atoms with E-state index in [0.717, 1.165) is 42.7 Å². The molecule has 0 amide bonds. The topological polar surface area (TPSA) is 71.1 Å². The lowest BCUT2D eigenvalue weighted by atomic mass is 9.61.